The highest BCUT2D eigenvalue weighted by molar-refractivity contribution is 5.94. The predicted octanol–water partition coefficient (Wildman–Crippen LogP) is 2.96. The van der Waals surface area contributed by atoms with Crippen LogP contribution >= 0.6 is 0 Å². The predicted molar refractivity (Wildman–Crippen MR) is 86.3 cm³/mol. The summed E-state index contributed by atoms with van der Waals surface area (Å²) >= 11 is 0. The molecule has 0 bridgehead atoms. The number of carbonyl (C=O) groups excluding carboxylic acids is 2. The Morgan fingerprint density at radius 1 is 1.08 bits per heavy atom. The number of halogens is 2. The lowest BCUT2D eigenvalue weighted by molar-refractivity contribution is -0.121. The molecule has 0 saturated heterocycles. The van der Waals surface area contributed by atoms with E-state index in [1.807, 2.05) is 0 Å². The highest BCUT2D eigenvalue weighted by atomic mass is 19.1. The maximum absolute atomic E-state index is 13.6. The molecule has 0 aliphatic carbocycles. The standard InChI is InChI=1S/C18H18F2N2O2/c1-12(15-8-7-14(19)11-16(15)20)22-17(23)9-10-21-18(24)13-5-3-2-4-6-13/h2-8,11-12H,9-10H2,1H3,(H,21,24)(H,22,23). The smallest absolute Gasteiger partial charge is 0.251 e. The van der Waals surface area contributed by atoms with E-state index < -0.39 is 17.7 Å². The zero-order chi connectivity index (χ0) is 17.5. The van der Waals surface area contributed by atoms with Gasteiger partial charge >= 0.3 is 0 Å². The number of carbonyl (C=O) groups is 2. The van der Waals surface area contributed by atoms with E-state index in [0.29, 0.717) is 5.56 Å². The van der Waals surface area contributed by atoms with E-state index in [4.69, 9.17) is 0 Å². The summed E-state index contributed by atoms with van der Waals surface area (Å²) in [6, 6.07) is 11.3. The van der Waals surface area contributed by atoms with Gasteiger partial charge in [0, 0.05) is 30.2 Å². The molecule has 2 amide bonds. The van der Waals surface area contributed by atoms with E-state index in [0.717, 1.165) is 12.1 Å². The van der Waals surface area contributed by atoms with Gasteiger partial charge < -0.3 is 10.6 Å². The average molecular weight is 332 g/mol. The lowest BCUT2D eigenvalue weighted by atomic mass is 10.1. The van der Waals surface area contributed by atoms with E-state index >= 15 is 0 Å². The SMILES string of the molecule is CC(NC(=O)CCNC(=O)c1ccccc1)c1ccc(F)cc1F. The quantitative estimate of drug-likeness (QED) is 0.854. The fourth-order valence-corrected chi connectivity index (χ4v) is 2.23. The lowest BCUT2D eigenvalue weighted by Gasteiger charge is -2.15. The van der Waals surface area contributed by atoms with Gasteiger partial charge in [0.15, 0.2) is 0 Å². The lowest BCUT2D eigenvalue weighted by Crippen LogP contribution is -2.32. The van der Waals surface area contributed by atoms with E-state index in [2.05, 4.69) is 10.6 Å². The van der Waals surface area contributed by atoms with Crippen molar-refractivity contribution in [1.29, 1.82) is 0 Å². The zero-order valence-electron chi connectivity index (χ0n) is 13.2. The monoisotopic (exact) mass is 332 g/mol. The summed E-state index contributed by atoms with van der Waals surface area (Å²) in [5.74, 6) is -1.97. The molecule has 2 N–H and O–H groups in total. The fourth-order valence-electron chi connectivity index (χ4n) is 2.23. The molecule has 1 atom stereocenters. The molecule has 2 aromatic rings. The first-order valence-corrected chi connectivity index (χ1v) is 7.55. The first-order chi connectivity index (χ1) is 11.5. The molecule has 2 aromatic carbocycles. The molecule has 2 rings (SSSR count). The molecule has 0 aliphatic heterocycles. The van der Waals surface area contributed by atoms with Gasteiger partial charge in [0.25, 0.3) is 5.91 Å². The molecular formula is C18H18F2N2O2. The van der Waals surface area contributed by atoms with Crippen LogP contribution in [0, 0.1) is 11.6 Å². The highest BCUT2D eigenvalue weighted by Crippen LogP contribution is 2.17. The Balaban J connectivity index is 1.80. The molecule has 0 fully saturated rings. The number of hydrogen-bond acceptors (Lipinski definition) is 2. The third-order valence-corrected chi connectivity index (χ3v) is 3.48. The second kappa shape index (κ2) is 8.19. The Morgan fingerprint density at radius 2 is 1.79 bits per heavy atom. The molecule has 0 saturated carbocycles. The molecule has 0 aromatic heterocycles. The van der Waals surface area contributed by atoms with Gasteiger partial charge in [-0.3, -0.25) is 9.59 Å². The van der Waals surface area contributed by atoms with Crippen molar-refractivity contribution in [3.05, 3.63) is 71.3 Å². The summed E-state index contributed by atoms with van der Waals surface area (Å²) in [6.45, 7) is 1.77. The summed E-state index contributed by atoms with van der Waals surface area (Å²) in [6.07, 6.45) is 0.0612. The Bertz CT molecular complexity index is 720. The van der Waals surface area contributed by atoms with E-state index in [1.165, 1.54) is 6.07 Å². The van der Waals surface area contributed by atoms with Crippen LogP contribution in [0.25, 0.3) is 0 Å². The van der Waals surface area contributed by atoms with E-state index in [9.17, 15) is 18.4 Å². The summed E-state index contributed by atoms with van der Waals surface area (Å²) < 4.78 is 26.5. The number of hydrogen-bond donors (Lipinski definition) is 2. The first-order valence-electron chi connectivity index (χ1n) is 7.55. The van der Waals surface area contributed by atoms with Gasteiger partial charge in [-0.05, 0) is 25.1 Å². The molecular weight excluding hydrogens is 314 g/mol. The van der Waals surface area contributed by atoms with Gasteiger partial charge in [-0.15, -0.1) is 0 Å². The summed E-state index contributed by atoms with van der Waals surface area (Å²) in [5.41, 5.74) is 0.720. The van der Waals surface area contributed by atoms with Crippen LogP contribution in [0.5, 0.6) is 0 Å². The average Bonchev–Trinajstić information content (AvgIpc) is 2.55. The zero-order valence-corrected chi connectivity index (χ0v) is 13.2. The highest BCUT2D eigenvalue weighted by Gasteiger charge is 2.14. The number of rotatable bonds is 6. The topological polar surface area (TPSA) is 58.2 Å². The maximum Gasteiger partial charge on any atom is 0.251 e. The van der Waals surface area contributed by atoms with Crippen molar-refractivity contribution in [2.75, 3.05) is 6.54 Å². The van der Waals surface area contributed by atoms with Gasteiger partial charge in [-0.1, -0.05) is 24.3 Å². The minimum absolute atomic E-state index is 0.0612. The van der Waals surface area contributed by atoms with Crippen molar-refractivity contribution in [2.24, 2.45) is 0 Å². The minimum atomic E-state index is -0.708. The van der Waals surface area contributed by atoms with E-state index in [-0.39, 0.29) is 30.3 Å². The van der Waals surface area contributed by atoms with Crippen molar-refractivity contribution in [1.82, 2.24) is 10.6 Å². The molecule has 0 radical (unpaired) electrons. The summed E-state index contributed by atoms with van der Waals surface area (Å²) in [7, 11) is 0. The normalized spacial score (nSPS) is 11.6. The molecule has 4 nitrogen and oxygen atoms in total. The maximum atomic E-state index is 13.6. The van der Waals surface area contributed by atoms with Crippen LogP contribution in [-0.4, -0.2) is 18.4 Å². The molecule has 0 heterocycles. The van der Waals surface area contributed by atoms with Crippen LogP contribution in [-0.2, 0) is 4.79 Å². The Kier molecular flexibility index (Phi) is 6.01. The summed E-state index contributed by atoms with van der Waals surface area (Å²) in [5, 5.41) is 5.26. The largest absolute Gasteiger partial charge is 0.352 e. The van der Waals surface area contributed by atoms with Gasteiger partial charge in [0.2, 0.25) is 5.91 Å². The van der Waals surface area contributed by atoms with Crippen molar-refractivity contribution < 1.29 is 18.4 Å². The second-order valence-electron chi connectivity index (χ2n) is 5.33. The third-order valence-electron chi connectivity index (χ3n) is 3.48. The fraction of sp³-hybridized carbons (Fsp3) is 0.222. The molecule has 24 heavy (non-hydrogen) atoms. The molecule has 0 aliphatic rings. The second-order valence-corrected chi connectivity index (χ2v) is 5.33. The molecule has 1 unspecified atom stereocenters. The number of benzene rings is 2. The van der Waals surface area contributed by atoms with E-state index in [1.54, 1.807) is 37.3 Å². The van der Waals surface area contributed by atoms with Gasteiger partial charge in [0.1, 0.15) is 11.6 Å². The van der Waals surface area contributed by atoms with Crippen molar-refractivity contribution in [2.45, 2.75) is 19.4 Å². The summed E-state index contributed by atoms with van der Waals surface area (Å²) in [4.78, 5) is 23.7. The number of nitrogens with one attached hydrogen (secondary N) is 2. The number of amides is 2. The minimum Gasteiger partial charge on any atom is -0.352 e. The van der Waals surface area contributed by atoms with Crippen molar-refractivity contribution in [3.8, 4) is 0 Å². The van der Waals surface area contributed by atoms with Crippen LogP contribution in [0.3, 0.4) is 0 Å². The molecule has 0 spiro atoms. The van der Waals surface area contributed by atoms with Gasteiger partial charge in [-0.2, -0.15) is 0 Å². The van der Waals surface area contributed by atoms with Crippen LogP contribution < -0.4 is 10.6 Å². The van der Waals surface area contributed by atoms with Crippen molar-refractivity contribution >= 4 is 11.8 Å². The van der Waals surface area contributed by atoms with Crippen LogP contribution in [0.1, 0.15) is 35.3 Å². The first kappa shape index (κ1) is 17.6. The van der Waals surface area contributed by atoms with Gasteiger partial charge in [-0.25, -0.2) is 8.78 Å². The Morgan fingerprint density at radius 3 is 2.46 bits per heavy atom. The molecule has 126 valence electrons. The van der Waals surface area contributed by atoms with Crippen LogP contribution in [0.2, 0.25) is 0 Å². The Labute approximate surface area is 138 Å². The van der Waals surface area contributed by atoms with Crippen molar-refractivity contribution in [3.63, 3.8) is 0 Å². The third kappa shape index (κ3) is 4.87. The van der Waals surface area contributed by atoms with Gasteiger partial charge in [0.05, 0.1) is 6.04 Å². The molecule has 6 heteroatoms. The Hall–Kier alpha value is -2.76. The van der Waals surface area contributed by atoms with Crippen LogP contribution in [0.4, 0.5) is 8.78 Å². The van der Waals surface area contributed by atoms with Crippen LogP contribution in [0.15, 0.2) is 48.5 Å².